The third kappa shape index (κ3) is 2.63. The summed E-state index contributed by atoms with van der Waals surface area (Å²) in [7, 11) is 0. The summed E-state index contributed by atoms with van der Waals surface area (Å²) in [6.07, 6.45) is 2.21. The van der Waals surface area contributed by atoms with Crippen molar-refractivity contribution < 1.29 is 4.92 Å². The summed E-state index contributed by atoms with van der Waals surface area (Å²) in [5.41, 5.74) is 1.12. The molecule has 2 atom stereocenters. The SMILES string of the molecule is CC1CC(C)(C)CC1Nc1ccccc1[N+](=O)[O-]. The van der Waals surface area contributed by atoms with Gasteiger partial charge in [0.25, 0.3) is 5.69 Å². The van der Waals surface area contributed by atoms with Crippen molar-refractivity contribution in [2.75, 3.05) is 5.32 Å². The van der Waals surface area contributed by atoms with Crippen molar-refractivity contribution in [2.24, 2.45) is 11.3 Å². The molecule has 1 aliphatic carbocycles. The summed E-state index contributed by atoms with van der Waals surface area (Å²) in [4.78, 5) is 10.6. The number of benzene rings is 1. The van der Waals surface area contributed by atoms with E-state index < -0.39 is 0 Å². The normalized spacial score (nSPS) is 25.9. The molecule has 1 N–H and O–H groups in total. The highest BCUT2D eigenvalue weighted by Crippen LogP contribution is 2.42. The van der Waals surface area contributed by atoms with Gasteiger partial charge in [-0.2, -0.15) is 0 Å². The van der Waals surface area contributed by atoms with Gasteiger partial charge in [-0.25, -0.2) is 0 Å². The van der Waals surface area contributed by atoms with E-state index in [-0.39, 0.29) is 10.6 Å². The summed E-state index contributed by atoms with van der Waals surface area (Å²) in [6, 6.07) is 7.19. The molecule has 0 bridgehead atoms. The number of nitro groups is 1. The van der Waals surface area contributed by atoms with Crippen molar-refractivity contribution in [1.29, 1.82) is 0 Å². The van der Waals surface area contributed by atoms with Crippen molar-refractivity contribution in [3.05, 3.63) is 34.4 Å². The van der Waals surface area contributed by atoms with Gasteiger partial charge >= 0.3 is 0 Å². The average molecular weight is 248 g/mol. The first kappa shape index (κ1) is 12.9. The number of nitro benzene ring substituents is 1. The lowest BCUT2D eigenvalue weighted by Crippen LogP contribution is -2.23. The highest BCUT2D eigenvalue weighted by atomic mass is 16.6. The molecule has 1 aliphatic rings. The second kappa shape index (κ2) is 4.59. The Morgan fingerprint density at radius 3 is 2.56 bits per heavy atom. The smallest absolute Gasteiger partial charge is 0.292 e. The van der Waals surface area contributed by atoms with Crippen molar-refractivity contribution in [1.82, 2.24) is 0 Å². The highest BCUT2D eigenvalue weighted by Gasteiger charge is 2.37. The number of para-hydroxylation sites is 2. The molecular weight excluding hydrogens is 228 g/mol. The van der Waals surface area contributed by atoms with Crippen molar-refractivity contribution in [3.63, 3.8) is 0 Å². The molecule has 1 fully saturated rings. The highest BCUT2D eigenvalue weighted by molar-refractivity contribution is 5.61. The molecule has 2 rings (SSSR count). The number of hydrogen-bond acceptors (Lipinski definition) is 3. The Bertz CT molecular complexity index is 457. The topological polar surface area (TPSA) is 55.2 Å². The van der Waals surface area contributed by atoms with Gasteiger partial charge in [0.2, 0.25) is 0 Å². The zero-order chi connectivity index (χ0) is 13.3. The van der Waals surface area contributed by atoms with E-state index in [1.165, 1.54) is 0 Å². The molecule has 98 valence electrons. The van der Waals surface area contributed by atoms with E-state index in [0.717, 1.165) is 12.8 Å². The Balaban J connectivity index is 2.18. The third-order valence-electron chi connectivity index (χ3n) is 3.78. The second-order valence-corrected chi connectivity index (χ2v) is 6.07. The van der Waals surface area contributed by atoms with Gasteiger partial charge in [0.05, 0.1) is 4.92 Å². The number of hydrogen-bond donors (Lipinski definition) is 1. The maximum Gasteiger partial charge on any atom is 0.292 e. The molecule has 1 aromatic carbocycles. The minimum Gasteiger partial charge on any atom is -0.376 e. The number of rotatable bonds is 3. The minimum atomic E-state index is -0.326. The number of nitrogens with zero attached hydrogens (tertiary/aromatic N) is 1. The van der Waals surface area contributed by atoms with Crippen molar-refractivity contribution in [3.8, 4) is 0 Å². The van der Waals surface area contributed by atoms with Crippen LogP contribution in [0.3, 0.4) is 0 Å². The lowest BCUT2D eigenvalue weighted by atomic mass is 9.91. The second-order valence-electron chi connectivity index (χ2n) is 6.07. The lowest BCUT2D eigenvalue weighted by Gasteiger charge is -2.19. The number of anilines is 1. The molecule has 1 aromatic rings. The van der Waals surface area contributed by atoms with Crippen LogP contribution in [0.2, 0.25) is 0 Å². The van der Waals surface area contributed by atoms with E-state index in [1.807, 2.05) is 6.07 Å². The van der Waals surface area contributed by atoms with E-state index >= 15 is 0 Å². The standard InChI is InChI=1S/C14H20N2O2/c1-10-8-14(2,3)9-12(10)15-11-6-4-5-7-13(11)16(17)18/h4-7,10,12,15H,8-9H2,1-3H3. The summed E-state index contributed by atoms with van der Waals surface area (Å²) < 4.78 is 0. The fourth-order valence-corrected chi connectivity index (χ4v) is 3.04. The van der Waals surface area contributed by atoms with Gasteiger partial charge in [-0.15, -0.1) is 0 Å². The van der Waals surface area contributed by atoms with E-state index in [4.69, 9.17) is 0 Å². The molecule has 4 nitrogen and oxygen atoms in total. The Kier molecular flexibility index (Phi) is 3.28. The molecule has 0 spiro atoms. The number of nitrogens with one attached hydrogen (secondary N) is 1. The van der Waals surface area contributed by atoms with Gasteiger partial charge in [-0.05, 0) is 30.2 Å². The first-order valence-electron chi connectivity index (χ1n) is 6.39. The maximum absolute atomic E-state index is 11.0. The van der Waals surface area contributed by atoms with Gasteiger partial charge in [0, 0.05) is 12.1 Å². The molecule has 1 saturated carbocycles. The Morgan fingerprint density at radius 1 is 1.33 bits per heavy atom. The molecule has 18 heavy (non-hydrogen) atoms. The summed E-state index contributed by atoms with van der Waals surface area (Å²) in [5, 5.41) is 14.3. The summed E-state index contributed by atoms with van der Waals surface area (Å²) >= 11 is 0. The molecule has 0 heterocycles. The molecule has 4 heteroatoms. The van der Waals surface area contributed by atoms with Gasteiger partial charge in [-0.3, -0.25) is 10.1 Å². The lowest BCUT2D eigenvalue weighted by molar-refractivity contribution is -0.384. The van der Waals surface area contributed by atoms with E-state index in [9.17, 15) is 10.1 Å². The Labute approximate surface area is 108 Å². The van der Waals surface area contributed by atoms with Gasteiger partial charge < -0.3 is 5.32 Å². The van der Waals surface area contributed by atoms with E-state index in [0.29, 0.717) is 23.1 Å². The van der Waals surface area contributed by atoms with Crippen molar-refractivity contribution in [2.45, 2.75) is 39.7 Å². The first-order valence-corrected chi connectivity index (χ1v) is 6.39. The summed E-state index contributed by atoms with van der Waals surface area (Å²) in [5.74, 6) is 0.541. The van der Waals surface area contributed by atoms with Crippen LogP contribution in [0.15, 0.2) is 24.3 Å². The monoisotopic (exact) mass is 248 g/mol. The maximum atomic E-state index is 11.0. The van der Waals surface area contributed by atoms with Crippen LogP contribution < -0.4 is 5.32 Å². The fourth-order valence-electron chi connectivity index (χ4n) is 3.04. The zero-order valence-corrected chi connectivity index (χ0v) is 11.1. The third-order valence-corrected chi connectivity index (χ3v) is 3.78. The predicted molar refractivity (Wildman–Crippen MR) is 72.7 cm³/mol. The van der Waals surface area contributed by atoms with Gasteiger partial charge in [-0.1, -0.05) is 32.9 Å². The van der Waals surface area contributed by atoms with Crippen LogP contribution >= 0.6 is 0 Å². The fraction of sp³-hybridized carbons (Fsp3) is 0.571. The quantitative estimate of drug-likeness (QED) is 0.653. The average Bonchev–Trinajstić information content (AvgIpc) is 2.52. The molecule has 0 saturated heterocycles. The van der Waals surface area contributed by atoms with Gasteiger partial charge in [0.15, 0.2) is 0 Å². The van der Waals surface area contributed by atoms with Crippen LogP contribution in [0.5, 0.6) is 0 Å². The van der Waals surface area contributed by atoms with Crippen LogP contribution in [0.1, 0.15) is 33.6 Å². The molecule has 0 aromatic heterocycles. The van der Waals surface area contributed by atoms with Crippen LogP contribution in [-0.4, -0.2) is 11.0 Å². The molecule has 0 radical (unpaired) electrons. The summed E-state index contributed by atoms with van der Waals surface area (Å²) in [6.45, 7) is 6.72. The largest absolute Gasteiger partial charge is 0.376 e. The first-order chi connectivity index (χ1) is 8.39. The Morgan fingerprint density at radius 2 is 2.00 bits per heavy atom. The Hall–Kier alpha value is -1.58. The minimum absolute atomic E-state index is 0.161. The van der Waals surface area contributed by atoms with Crippen LogP contribution in [0, 0.1) is 21.4 Å². The van der Waals surface area contributed by atoms with E-state index in [1.54, 1.807) is 18.2 Å². The van der Waals surface area contributed by atoms with E-state index in [2.05, 4.69) is 26.1 Å². The van der Waals surface area contributed by atoms with Crippen LogP contribution in [0.25, 0.3) is 0 Å². The molecular formula is C14H20N2O2. The molecule has 2 unspecified atom stereocenters. The predicted octanol–water partition coefficient (Wildman–Crippen LogP) is 3.83. The van der Waals surface area contributed by atoms with Crippen molar-refractivity contribution >= 4 is 11.4 Å². The van der Waals surface area contributed by atoms with Crippen LogP contribution in [-0.2, 0) is 0 Å². The van der Waals surface area contributed by atoms with Crippen LogP contribution in [0.4, 0.5) is 11.4 Å². The molecule has 0 amide bonds. The van der Waals surface area contributed by atoms with Gasteiger partial charge in [0.1, 0.15) is 5.69 Å². The zero-order valence-electron chi connectivity index (χ0n) is 11.1. The molecule has 0 aliphatic heterocycles.